The number of thioether (sulfide) groups is 3. The van der Waals surface area contributed by atoms with E-state index in [4.69, 9.17) is 55.1 Å². The van der Waals surface area contributed by atoms with Crippen molar-refractivity contribution in [2.45, 2.75) is 196 Å². The molecule has 3 saturated heterocycles. The van der Waals surface area contributed by atoms with Crippen molar-refractivity contribution in [2.75, 3.05) is 108 Å². The maximum atomic E-state index is 13.3. The number of aromatic nitrogens is 10. The molecule has 3 aliphatic heterocycles. The Hall–Kier alpha value is -4.89. The minimum absolute atomic E-state index is 0.0182. The van der Waals surface area contributed by atoms with Crippen molar-refractivity contribution in [3.05, 3.63) is 57.7 Å². The maximum Gasteiger partial charge on any atom is 0.356 e. The molecule has 0 amide bonds. The fourth-order valence-corrected chi connectivity index (χ4v) is 13.0. The van der Waals surface area contributed by atoms with Crippen molar-refractivity contribution < 1.29 is 67.7 Å². The van der Waals surface area contributed by atoms with E-state index in [0.29, 0.717) is 112 Å². The van der Waals surface area contributed by atoms with Crippen LogP contribution >= 0.6 is 70.1 Å². The number of aliphatic hydroxyl groups excluding tert-OH is 1. The van der Waals surface area contributed by atoms with E-state index in [1.165, 1.54) is 53.6 Å². The molecular weight excluding hydrogens is 1480 g/mol. The zero-order valence-corrected chi connectivity index (χ0v) is 62.9. The predicted octanol–water partition coefficient (Wildman–Crippen LogP) is 12.2. The van der Waals surface area contributed by atoms with Gasteiger partial charge in [0.05, 0.1) is 12.7 Å². The zero-order chi connectivity index (χ0) is 74.3. The molecule has 0 spiro atoms. The summed E-state index contributed by atoms with van der Waals surface area (Å²) in [5.41, 5.74) is 5.81. The van der Waals surface area contributed by atoms with Gasteiger partial charge < -0.3 is 45.9 Å². The van der Waals surface area contributed by atoms with Crippen LogP contribution in [0.4, 0.5) is 52.6 Å². The average molecular weight is 1570 g/mol. The van der Waals surface area contributed by atoms with E-state index in [1.807, 2.05) is 39.9 Å². The molecule has 39 heteroatoms. The van der Waals surface area contributed by atoms with E-state index < -0.39 is 33.5 Å². The molecule has 7 fully saturated rings. The molecule has 0 bridgehead atoms. The average Bonchev–Trinajstić information content (AvgIpc) is 1.82. The van der Waals surface area contributed by atoms with Crippen LogP contribution in [0.2, 0.25) is 15.5 Å². The van der Waals surface area contributed by atoms with Crippen molar-refractivity contribution in [1.29, 1.82) is 0 Å². The number of anilines is 3. The summed E-state index contributed by atoms with van der Waals surface area (Å²) >= 11 is 21.3. The quantitative estimate of drug-likeness (QED) is 0.0176. The number of ether oxygens (including phenoxy) is 3. The summed E-state index contributed by atoms with van der Waals surface area (Å²) in [6, 6.07) is 7.89. The molecule has 5 aromatic heterocycles. The molecule has 24 nitrogen and oxygen atoms in total. The molecule has 7 aliphatic rings. The summed E-state index contributed by atoms with van der Waals surface area (Å²) in [5.74, 6) is -8.15. The van der Waals surface area contributed by atoms with Crippen LogP contribution in [0.15, 0.2) is 57.2 Å². The number of sulfone groups is 1. The van der Waals surface area contributed by atoms with Gasteiger partial charge in [-0.2, -0.15) is 15.1 Å². The van der Waals surface area contributed by atoms with Gasteiger partial charge >= 0.3 is 5.97 Å². The molecule has 0 unspecified atom stereocenters. The summed E-state index contributed by atoms with van der Waals surface area (Å²) in [6.45, 7) is 7.11. The third-order valence-corrected chi connectivity index (χ3v) is 19.3. The Morgan fingerprint density at radius 2 is 0.931 bits per heavy atom. The predicted molar refractivity (Wildman–Crippen MR) is 377 cm³/mol. The number of hydrogen-bond donors (Lipinski definition) is 6. The number of β-amino-alcohol motifs (C(OH)–C–C–N with tert-alkyl or cyclic N) is 1. The van der Waals surface area contributed by atoms with Crippen molar-refractivity contribution in [3.63, 3.8) is 0 Å². The van der Waals surface area contributed by atoms with Gasteiger partial charge in [0.2, 0.25) is 45.3 Å². The van der Waals surface area contributed by atoms with Gasteiger partial charge in [0.25, 0.3) is 5.16 Å². The lowest BCUT2D eigenvalue weighted by atomic mass is 9.92. The summed E-state index contributed by atoms with van der Waals surface area (Å²) in [5, 5.41) is 26.7. The number of carbonyl (C=O) groups excluding carboxylic acids is 1. The molecule has 7 N–H and O–H groups in total. The number of aliphatic hydroxyl groups is 1. The number of H-pyrrole nitrogens is 1. The molecule has 8 heterocycles. The number of rotatable bonds is 16. The lowest BCUT2D eigenvalue weighted by molar-refractivity contribution is -0.0378. The molecule has 0 radical (unpaired) electrons. The number of esters is 1. The van der Waals surface area contributed by atoms with Crippen LogP contribution in [-0.4, -0.2) is 242 Å². The number of nitrogens with two attached hydrogens (primary N) is 1. The summed E-state index contributed by atoms with van der Waals surface area (Å²) in [4.78, 5) is 49.9. The number of nitrogens with zero attached hydrogens (tertiary/aromatic N) is 12. The highest BCUT2D eigenvalue weighted by molar-refractivity contribution is 7.98. The lowest BCUT2D eigenvalue weighted by Gasteiger charge is -2.35. The Kier molecular flexibility index (Phi) is 33.7. The molecular formula is C62H90Cl3F8N17O7S4. The first-order valence-electron chi connectivity index (χ1n) is 32.6. The third kappa shape index (κ3) is 31.8. The molecule has 0 aromatic carbocycles. The zero-order valence-electron chi connectivity index (χ0n) is 57.4. The minimum Gasteiger partial charge on any atom is -0.471 e. The lowest BCUT2D eigenvalue weighted by Crippen LogP contribution is -2.51. The van der Waals surface area contributed by atoms with Crippen LogP contribution in [0.1, 0.15) is 120 Å². The minimum atomic E-state index is -3.62. The summed E-state index contributed by atoms with van der Waals surface area (Å²) < 4.78 is 144. The van der Waals surface area contributed by atoms with Crippen LogP contribution < -0.4 is 31.2 Å². The van der Waals surface area contributed by atoms with Crippen molar-refractivity contribution in [2.24, 2.45) is 5.73 Å². The highest BCUT2D eigenvalue weighted by atomic mass is 35.5. The number of likely N-dealkylation sites (N-methyl/N-ethyl adjacent to an activating group) is 3. The number of likely N-dealkylation sites (tertiary alicyclic amines) is 3. The second kappa shape index (κ2) is 40.0. The molecule has 12 rings (SSSR count). The smallest absolute Gasteiger partial charge is 0.356 e. The maximum absolute atomic E-state index is 13.3. The largest absolute Gasteiger partial charge is 0.471 e. The van der Waals surface area contributed by atoms with E-state index >= 15 is 0 Å². The Morgan fingerprint density at radius 1 is 0.574 bits per heavy atom. The highest BCUT2D eigenvalue weighted by Gasteiger charge is 2.38. The Bertz CT molecular complexity index is 3410. The standard InChI is InChI=1S/C15H22F2N4O3S.C15H22F2N4OS.C11H14ClF2N3S.C6H11F2N.C6H8N2O2.C5H4Cl2N2S.C4H9NO/c1-21-8-11(9-21)24-13-7-12(19-14(20-13)25(2,22)23)18-10-3-5-15(16,17)6-4-10;1-21-8-11(9-21)22-13-7-12(19-14(20-13)23-2)18-10-3-5-15(16,17)6-4-10;1-18-10-16-8(12)6-9(17-10)15-7-2-4-11(13,14)5-3-7;7-6(8)3-1-5(9)2-4-6;1-2-10-6(9)5-3-4-7-8-5;1-10-5-8-3(6)2-4(7)9-5;1-5-2-4(6)3-5/h7,10-11H,3-6,8-9H2,1-2H3,(H,18,19,20);7,10-11H,3-6,8-9H2,1-2H3,(H,18,19,20);6-7H,2-5H2,1H3,(H,15,16,17);5H,1-4,9H2;3-4H,2H2,1H3,(H,7,8);2H,1H3;4,6H,2-3H2,1H3. The molecule has 566 valence electrons. The first-order valence-corrected chi connectivity index (χ1v) is 39.3. The van der Waals surface area contributed by atoms with E-state index in [1.54, 1.807) is 25.1 Å². The van der Waals surface area contributed by atoms with E-state index in [-0.39, 0.29) is 117 Å². The van der Waals surface area contributed by atoms with Crippen LogP contribution in [0.25, 0.3) is 0 Å². The fraction of sp³-hybridized carbons (Fsp3) is 0.677. The number of halogens is 11. The summed E-state index contributed by atoms with van der Waals surface area (Å²) in [7, 11) is 2.37. The Morgan fingerprint density at radius 3 is 1.27 bits per heavy atom. The van der Waals surface area contributed by atoms with Gasteiger partial charge in [0.15, 0.2) is 15.5 Å². The van der Waals surface area contributed by atoms with Crippen LogP contribution in [0, 0.1) is 0 Å². The van der Waals surface area contributed by atoms with Gasteiger partial charge in [-0.05, 0) is 104 Å². The SMILES string of the molecule is CCOC(=O)c1ccn[nH]1.CN1CC(O)C1.CN1CC(Oc2cc(NC3CCC(F)(F)CC3)nc(S(C)(=O)=O)n2)C1.CSc1nc(Cl)cc(Cl)n1.CSc1nc(Cl)cc(NC2CCC(F)(F)CC2)n1.CSc1nc(NC2CCC(F)(F)CC2)cc(OC2CN(C)C2)n1.NC1CCC(F)(F)CC1. The number of alkyl halides is 8. The van der Waals surface area contributed by atoms with E-state index in [0.717, 1.165) is 45.5 Å². The van der Waals surface area contributed by atoms with Gasteiger partial charge in [0.1, 0.15) is 50.8 Å². The fourth-order valence-electron chi connectivity index (χ4n) is 10.6. The highest BCUT2D eigenvalue weighted by Crippen LogP contribution is 2.38. The molecule has 4 aliphatic carbocycles. The van der Waals surface area contributed by atoms with Crippen LogP contribution in [-0.2, 0) is 14.6 Å². The number of hydrogen-bond acceptors (Lipinski definition) is 26. The summed E-state index contributed by atoms with van der Waals surface area (Å²) in [6.07, 6.45) is 10.9. The van der Waals surface area contributed by atoms with Crippen molar-refractivity contribution >= 4 is 103 Å². The normalized spacial score (nSPS) is 20.2. The van der Waals surface area contributed by atoms with Gasteiger partial charge in [-0.15, -0.1) is 0 Å². The third-order valence-electron chi connectivity index (χ3n) is 16.2. The van der Waals surface area contributed by atoms with Gasteiger partial charge in [-0.25, -0.2) is 78.2 Å². The number of aromatic amines is 1. The van der Waals surface area contributed by atoms with E-state index in [2.05, 4.69) is 85.5 Å². The first kappa shape index (κ1) is 85.0. The van der Waals surface area contributed by atoms with Gasteiger partial charge in [-0.3, -0.25) is 14.9 Å². The van der Waals surface area contributed by atoms with Gasteiger partial charge in [-0.1, -0.05) is 70.1 Å². The van der Waals surface area contributed by atoms with Crippen LogP contribution in [0.3, 0.4) is 0 Å². The van der Waals surface area contributed by atoms with Crippen molar-refractivity contribution in [1.82, 2.24) is 64.8 Å². The molecule has 5 aromatic rings. The van der Waals surface area contributed by atoms with E-state index in [9.17, 15) is 48.3 Å². The number of carbonyl (C=O) groups is 1. The Labute approximate surface area is 611 Å². The Balaban J connectivity index is 0.000000195. The number of nitrogens with one attached hydrogen (secondary N) is 4. The monoisotopic (exact) mass is 1570 g/mol. The molecule has 101 heavy (non-hydrogen) atoms. The van der Waals surface area contributed by atoms with Crippen LogP contribution in [0.5, 0.6) is 11.8 Å². The first-order chi connectivity index (χ1) is 47.5. The molecule has 0 atom stereocenters. The molecule has 4 saturated carbocycles. The second-order valence-corrected chi connectivity index (χ2v) is 30.7. The topological polar surface area (TPSA) is 303 Å². The van der Waals surface area contributed by atoms with Crippen molar-refractivity contribution in [3.8, 4) is 11.8 Å². The van der Waals surface area contributed by atoms with Gasteiger partial charge in [0, 0.05) is 152 Å². The second-order valence-electron chi connectivity index (χ2n) is 25.3.